The predicted octanol–water partition coefficient (Wildman–Crippen LogP) is 4.38. The summed E-state index contributed by atoms with van der Waals surface area (Å²) in [4.78, 5) is 12.1. The van der Waals surface area contributed by atoms with Crippen LogP contribution in [-0.2, 0) is 0 Å². The van der Waals surface area contributed by atoms with Gasteiger partial charge in [-0.1, -0.05) is 19.3 Å². The smallest absolute Gasteiger partial charge is 0.251 e. The lowest BCUT2D eigenvalue weighted by Gasteiger charge is -2.35. The minimum Gasteiger partial charge on any atom is -0.351 e. The minimum atomic E-state index is -0.408. The summed E-state index contributed by atoms with van der Waals surface area (Å²) in [6.45, 7) is 0.657. The van der Waals surface area contributed by atoms with Crippen LogP contribution in [0.5, 0.6) is 0 Å². The molecule has 20 heavy (non-hydrogen) atoms. The molecule has 2 nitrogen and oxygen atoms in total. The fourth-order valence-electron chi connectivity index (χ4n) is 2.63. The van der Waals surface area contributed by atoms with E-state index in [0.717, 1.165) is 12.8 Å². The highest BCUT2D eigenvalue weighted by Crippen LogP contribution is 2.38. The first-order valence-electron chi connectivity index (χ1n) is 6.85. The molecule has 1 aliphatic carbocycles. The lowest BCUT2D eigenvalue weighted by molar-refractivity contribution is 0.0946. The molecule has 1 amide bonds. The van der Waals surface area contributed by atoms with E-state index in [1.807, 2.05) is 11.8 Å². The van der Waals surface area contributed by atoms with E-state index in [0.29, 0.717) is 16.6 Å². The molecule has 1 aromatic rings. The van der Waals surface area contributed by atoms with Gasteiger partial charge < -0.3 is 5.32 Å². The second-order valence-corrected chi connectivity index (χ2v) is 7.39. The van der Waals surface area contributed by atoms with Gasteiger partial charge >= 0.3 is 0 Å². The largest absolute Gasteiger partial charge is 0.351 e. The van der Waals surface area contributed by atoms with Gasteiger partial charge in [-0.2, -0.15) is 11.8 Å². The van der Waals surface area contributed by atoms with Crippen LogP contribution in [0.1, 0.15) is 42.5 Å². The van der Waals surface area contributed by atoms with Gasteiger partial charge in [0.1, 0.15) is 5.82 Å². The van der Waals surface area contributed by atoms with Crippen LogP contribution < -0.4 is 5.32 Å². The van der Waals surface area contributed by atoms with E-state index < -0.39 is 5.82 Å². The van der Waals surface area contributed by atoms with Gasteiger partial charge in [0.05, 0.1) is 4.47 Å². The molecule has 1 fully saturated rings. The maximum absolute atomic E-state index is 13.4. The van der Waals surface area contributed by atoms with Crippen molar-refractivity contribution in [2.75, 3.05) is 12.8 Å². The molecule has 0 saturated heterocycles. The predicted molar refractivity (Wildman–Crippen MR) is 85.8 cm³/mol. The molecule has 1 N–H and O–H groups in total. The average molecular weight is 360 g/mol. The van der Waals surface area contributed by atoms with Gasteiger partial charge in [-0.3, -0.25) is 4.79 Å². The molecular formula is C15H19BrFNOS. The number of hydrogen-bond donors (Lipinski definition) is 1. The van der Waals surface area contributed by atoms with E-state index in [1.165, 1.54) is 25.3 Å². The van der Waals surface area contributed by atoms with Crippen LogP contribution in [0.2, 0.25) is 0 Å². The maximum Gasteiger partial charge on any atom is 0.251 e. The highest BCUT2D eigenvalue weighted by atomic mass is 79.9. The molecule has 0 aliphatic heterocycles. The van der Waals surface area contributed by atoms with Crippen molar-refractivity contribution in [3.05, 3.63) is 34.1 Å². The molecule has 110 valence electrons. The van der Waals surface area contributed by atoms with Crippen LogP contribution in [0.3, 0.4) is 0 Å². The van der Waals surface area contributed by atoms with E-state index >= 15 is 0 Å². The lowest BCUT2D eigenvalue weighted by Crippen LogP contribution is -2.41. The van der Waals surface area contributed by atoms with Gasteiger partial charge in [0.15, 0.2) is 0 Å². The molecule has 0 atom stereocenters. The SMILES string of the molecule is CSC1(CNC(=O)c2ccc(Br)c(F)c2)CCCCC1. The Kier molecular flexibility index (Phi) is 5.49. The third kappa shape index (κ3) is 3.76. The van der Waals surface area contributed by atoms with Crippen molar-refractivity contribution in [1.82, 2.24) is 5.32 Å². The zero-order chi connectivity index (χ0) is 14.6. The van der Waals surface area contributed by atoms with Crippen molar-refractivity contribution in [3.8, 4) is 0 Å². The molecule has 0 spiro atoms. The van der Waals surface area contributed by atoms with Crippen molar-refractivity contribution in [2.24, 2.45) is 0 Å². The molecule has 2 rings (SSSR count). The van der Waals surface area contributed by atoms with E-state index in [9.17, 15) is 9.18 Å². The molecule has 1 aliphatic rings. The standard InChI is InChI=1S/C15H19BrFNOS/c1-20-15(7-3-2-4-8-15)10-18-14(19)11-5-6-12(16)13(17)9-11/h5-6,9H,2-4,7-8,10H2,1H3,(H,18,19). The van der Waals surface area contributed by atoms with Crippen LogP contribution >= 0.6 is 27.7 Å². The first kappa shape index (κ1) is 15.8. The molecule has 1 aromatic carbocycles. The zero-order valence-corrected chi connectivity index (χ0v) is 13.9. The first-order chi connectivity index (χ1) is 9.56. The van der Waals surface area contributed by atoms with E-state index in [1.54, 1.807) is 12.1 Å². The van der Waals surface area contributed by atoms with Crippen LogP contribution in [0.15, 0.2) is 22.7 Å². The molecule has 0 bridgehead atoms. The minimum absolute atomic E-state index is 0.155. The highest BCUT2D eigenvalue weighted by Gasteiger charge is 2.31. The number of nitrogens with one attached hydrogen (secondary N) is 1. The second kappa shape index (κ2) is 6.94. The van der Waals surface area contributed by atoms with E-state index in [2.05, 4.69) is 27.5 Å². The van der Waals surface area contributed by atoms with Gasteiger partial charge in [-0.15, -0.1) is 0 Å². The third-order valence-corrected chi connectivity index (χ3v) is 6.01. The molecule has 1 saturated carbocycles. The normalized spacial score (nSPS) is 17.8. The molecule has 0 aromatic heterocycles. The van der Waals surface area contributed by atoms with Crippen molar-refractivity contribution in [1.29, 1.82) is 0 Å². The molecule has 0 radical (unpaired) electrons. The van der Waals surface area contributed by atoms with Crippen molar-refractivity contribution in [2.45, 2.75) is 36.9 Å². The summed E-state index contributed by atoms with van der Waals surface area (Å²) in [5, 5.41) is 2.97. The van der Waals surface area contributed by atoms with Gasteiger partial charge in [0.2, 0.25) is 0 Å². The molecule has 0 unspecified atom stereocenters. The van der Waals surface area contributed by atoms with Crippen LogP contribution in [0.25, 0.3) is 0 Å². The van der Waals surface area contributed by atoms with Crippen LogP contribution in [-0.4, -0.2) is 23.5 Å². The number of carbonyl (C=O) groups excluding carboxylic acids is 1. The number of halogens is 2. The van der Waals surface area contributed by atoms with Gasteiger partial charge in [0.25, 0.3) is 5.91 Å². The number of rotatable bonds is 4. The summed E-state index contributed by atoms with van der Waals surface area (Å²) in [6.07, 6.45) is 8.13. The van der Waals surface area contributed by atoms with E-state index in [4.69, 9.17) is 0 Å². The van der Waals surface area contributed by atoms with Gasteiger partial charge in [0, 0.05) is 16.9 Å². The Hall–Kier alpha value is -0.550. The Labute approximate surface area is 132 Å². The number of benzene rings is 1. The zero-order valence-electron chi connectivity index (χ0n) is 11.5. The van der Waals surface area contributed by atoms with Crippen molar-refractivity contribution in [3.63, 3.8) is 0 Å². The van der Waals surface area contributed by atoms with Gasteiger partial charge in [-0.05, 0) is 53.2 Å². The van der Waals surface area contributed by atoms with Crippen LogP contribution in [0.4, 0.5) is 4.39 Å². The Balaban J connectivity index is 1.98. The fourth-order valence-corrected chi connectivity index (χ4v) is 3.79. The quantitative estimate of drug-likeness (QED) is 0.863. The second-order valence-electron chi connectivity index (χ2n) is 5.26. The molecule has 0 heterocycles. The number of thioether (sulfide) groups is 1. The summed E-state index contributed by atoms with van der Waals surface area (Å²) in [7, 11) is 0. The highest BCUT2D eigenvalue weighted by molar-refractivity contribution is 9.10. The van der Waals surface area contributed by atoms with Gasteiger partial charge in [-0.25, -0.2) is 4.39 Å². The maximum atomic E-state index is 13.4. The van der Waals surface area contributed by atoms with Crippen molar-refractivity contribution < 1.29 is 9.18 Å². The fraction of sp³-hybridized carbons (Fsp3) is 0.533. The summed E-state index contributed by atoms with van der Waals surface area (Å²) in [5.74, 6) is -0.606. The Morgan fingerprint density at radius 3 is 2.70 bits per heavy atom. The summed E-state index contributed by atoms with van der Waals surface area (Å²) >= 11 is 4.93. The van der Waals surface area contributed by atoms with E-state index in [-0.39, 0.29) is 10.7 Å². The Bertz CT molecular complexity index is 489. The molecular weight excluding hydrogens is 341 g/mol. The number of amides is 1. The topological polar surface area (TPSA) is 29.1 Å². The number of hydrogen-bond acceptors (Lipinski definition) is 2. The molecule has 5 heteroatoms. The summed E-state index contributed by atoms with van der Waals surface area (Å²) in [5.41, 5.74) is 0.373. The first-order valence-corrected chi connectivity index (χ1v) is 8.86. The monoisotopic (exact) mass is 359 g/mol. The summed E-state index contributed by atoms with van der Waals surface area (Å²) < 4.78 is 14.0. The third-order valence-electron chi connectivity index (χ3n) is 3.95. The Morgan fingerprint density at radius 1 is 1.40 bits per heavy atom. The Morgan fingerprint density at radius 2 is 2.10 bits per heavy atom. The van der Waals surface area contributed by atoms with Crippen molar-refractivity contribution >= 4 is 33.6 Å². The lowest BCUT2D eigenvalue weighted by atomic mass is 9.88. The number of carbonyl (C=O) groups is 1. The van der Waals surface area contributed by atoms with Crippen LogP contribution in [0, 0.1) is 5.82 Å². The average Bonchev–Trinajstić information content (AvgIpc) is 2.48. The summed E-state index contributed by atoms with van der Waals surface area (Å²) in [6, 6.07) is 4.47.